The Bertz CT molecular complexity index is 522. The van der Waals surface area contributed by atoms with E-state index in [2.05, 4.69) is 37.8 Å². The summed E-state index contributed by atoms with van der Waals surface area (Å²) >= 11 is 0. The van der Waals surface area contributed by atoms with Crippen LogP contribution in [0.1, 0.15) is 45.4 Å². The zero-order valence-electron chi connectivity index (χ0n) is 11.9. The van der Waals surface area contributed by atoms with Crippen molar-refractivity contribution in [2.75, 3.05) is 17.3 Å². The molecule has 2 aromatic heterocycles. The Labute approximate surface area is 118 Å². The summed E-state index contributed by atoms with van der Waals surface area (Å²) in [5.74, 6) is 6.51. The van der Waals surface area contributed by atoms with E-state index in [0.29, 0.717) is 11.6 Å². The Morgan fingerprint density at radius 2 is 1.95 bits per heavy atom. The Kier molecular flexibility index (Phi) is 5.55. The molecule has 0 fully saturated rings. The van der Waals surface area contributed by atoms with Gasteiger partial charge in [0, 0.05) is 6.54 Å². The van der Waals surface area contributed by atoms with Gasteiger partial charge in [0.05, 0.1) is 11.6 Å². The Balaban J connectivity index is 1.84. The normalized spacial score (nSPS) is 10.9. The highest BCUT2D eigenvalue weighted by Gasteiger charge is 2.08. The fraction of sp³-hybridized carbons (Fsp3) is 0.615. The minimum absolute atomic E-state index is 0.382. The molecule has 0 spiro atoms. The van der Waals surface area contributed by atoms with Crippen molar-refractivity contribution in [3.63, 3.8) is 0 Å². The molecular weight excluding hydrogens is 254 g/mol. The highest BCUT2D eigenvalue weighted by molar-refractivity contribution is 5.86. The van der Waals surface area contributed by atoms with Gasteiger partial charge in [-0.15, -0.1) is 0 Å². The molecule has 0 atom stereocenters. The molecule has 0 aliphatic heterocycles. The molecule has 0 bridgehead atoms. The van der Waals surface area contributed by atoms with Gasteiger partial charge in [-0.1, -0.05) is 39.0 Å². The quantitative estimate of drug-likeness (QED) is 0.319. The summed E-state index contributed by atoms with van der Waals surface area (Å²) in [6.45, 7) is 3.13. The number of aromatic nitrogens is 4. The highest BCUT2D eigenvalue weighted by atomic mass is 15.3. The Morgan fingerprint density at radius 3 is 2.75 bits per heavy atom. The van der Waals surface area contributed by atoms with E-state index in [1.54, 1.807) is 6.20 Å². The number of nitrogens with zero attached hydrogens (tertiary/aromatic N) is 3. The van der Waals surface area contributed by atoms with Crippen LogP contribution in [0.3, 0.4) is 0 Å². The van der Waals surface area contributed by atoms with Crippen molar-refractivity contribution in [1.29, 1.82) is 0 Å². The largest absolute Gasteiger partial charge is 0.369 e. The van der Waals surface area contributed by atoms with Crippen LogP contribution in [-0.2, 0) is 0 Å². The van der Waals surface area contributed by atoms with Crippen molar-refractivity contribution in [2.24, 2.45) is 5.84 Å². The Hall–Kier alpha value is -1.89. The molecule has 0 unspecified atom stereocenters. The maximum atomic E-state index is 5.36. The van der Waals surface area contributed by atoms with Crippen LogP contribution in [0.15, 0.2) is 6.20 Å². The summed E-state index contributed by atoms with van der Waals surface area (Å²) in [5.41, 5.74) is 3.14. The number of aromatic amines is 1. The van der Waals surface area contributed by atoms with Crippen molar-refractivity contribution < 1.29 is 0 Å². The second-order valence-electron chi connectivity index (χ2n) is 4.87. The number of anilines is 2. The molecule has 7 heteroatoms. The third-order valence-corrected chi connectivity index (χ3v) is 3.26. The summed E-state index contributed by atoms with van der Waals surface area (Å²) in [7, 11) is 0. The van der Waals surface area contributed by atoms with Gasteiger partial charge in [-0.25, -0.2) is 5.84 Å². The smallest absolute Gasteiger partial charge is 0.241 e. The molecule has 5 N–H and O–H groups in total. The lowest BCUT2D eigenvalue weighted by Crippen LogP contribution is -2.12. The van der Waals surface area contributed by atoms with Gasteiger partial charge in [0.2, 0.25) is 5.95 Å². The summed E-state index contributed by atoms with van der Waals surface area (Å²) in [6, 6.07) is 0. The monoisotopic (exact) mass is 277 g/mol. The predicted octanol–water partition coefficient (Wildman–Crippen LogP) is 2.41. The molecule has 0 saturated heterocycles. The van der Waals surface area contributed by atoms with E-state index in [1.165, 1.54) is 32.1 Å². The first-order valence-electron chi connectivity index (χ1n) is 7.26. The van der Waals surface area contributed by atoms with Gasteiger partial charge in [-0.3, -0.25) is 10.5 Å². The fourth-order valence-corrected chi connectivity index (χ4v) is 2.15. The number of hydrogen-bond donors (Lipinski definition) is 4. The third-order valence-electron chi connectivity index (χ3n) is 3.26. The minimum atomic E-state index is 0.382. The van der Waals surface area contributed by atoms with E-state index in [-0.39, 0.29) is 0 Å². The molecule has 2 aromatic rings. The SMILES string of the molecule is CCCCCCCCNc1nc(NN)nc2[nH]ncc12. The van der Waals surface area contributed by atoms with Gasteiger partial charge in [0.1, 0.15) is 5.82 Å². The first kappa shape index (κ1) is 14.5. The first-order valence-corrected chi connectivity index (χ1v) is 7.26. The minimum Gasteiger partial charge on any atom is -0.369 e. The van der Waals surface area contributed by atoms with Gasteiger partial charge < -0.3 is 5.32 Å². The summed E-state index contributed by atoms with van der Waals surface area (Å²) in [5, 5.41) is 11.0. The van der Waals surface area contributed by atoms with Crippen LogP contribution in [0.4, 0.5) is 11.8 Å². The molecule has 0 amide bonds. The summed E-state index contributed by atoms with van der Waals surface area (Å²) in [6.07, 6.45) is 9.35. The second-order valence-corrected chi connectivity index (χ2v) is 4.87. The van der Waals surface area contributed by atoms with E-state index in [9.17, 15) is 0 Å². The van der Waals surface area contributed by atoms with Crippen LogP contribution < -0.4 is 16.6 Å². The van der Waals surface area contributed by atoms with E-state index < -0.39 is 0 Å². The van der Waals surface area contributed by atoms with Gasteiger partial charge in [-0.05, 0) is 6.42 Å². The molecule has 0 aliphatic rings. The fourth-order valence-electron chi connectivity index (χ4n) is 2.15. The van der Waals surface area contributed by atoms with Gasteiger partial charge >= 0.3 is 0 Å². The number of rotatable bonds is 9. The van der Waals surface area contributed by atoms with E-state index in [1.807, 2.05) is 0 Å². The van der Waals surface area contributed by atoms with Crippen LogP contribution in [0.2, 0.25) is 0 Å². The van der Waals surface area contributed by atoms with E-state index in [4.69, 9.17) is 5.84 Å². The standard InChI is InChI=1S/C13H23N7/c1-2-3-4-5-6-7-8-15-11-10-9-16-20-12(10)18-13(17-11)19-14/h9H,2-8,14H2,1H3,(H3,15,16,17,18,19,20). The highest BCUT2D eigenvalue weighted by Crippen LogP contribution is 2.19. The lowest BCUT2D eigenvalue weighted by Gasteiger charge is -2.08. The average molecular weight is 277 g/mol. The van der Waals surface area contributed by atoms with E-state index >= 15 is 0 Å². The van der Waals surface area contributed by atoms with Crippen LogP contribution in [-0.4, -0.2) is 26.7 Å². The third kappa shape index (κ3) is 3.80. The molecule has 20 heavy (non-hydrogen) atoms. The summed E-state index contributed by atoms with van der Waals surface area (Å²) in [4.78, 5) is 8.51. The van der Waals surface area contributed by atoms with Crippen LogP contribution in [0.25, 0.3) is 11.0 Å². The van der Waals surface area contributed by atoms with Crippen LogP contribution >= 0.6 is 0 Å². The first-order chi connectivity index (χ1) is 9.85. The average Bonchev–Trinajstić information content (AvgIpc) is 2.94. The number of nitrogens with one attached hydrogen (secondary N) is 3. The maximum absolute atomic E-state index is 5.36. The second kappa shape index (κ2) is 7.64. The van der Waals surface area contributed by atoms with Gasteiger partial charge in [-0.2, -0.15) is 15.1 Å². The van der Waals surface area contributed by atoms with Crippen molar-refractivity contribution in [3.8, 4) is 0 Å². The topological polar surface area (TPSA) is 105 Å². The number of hydrazine groups is 1. The molecule has 110 valence electrons. The zero-order chi connectivity index (χ0) is 14.2. The molecule has 0 saturated carbocycles. The number of nitrogens with two attached hydrogens (primary N) is 1. The van der Waals surface area contributed by atoms with Crippen molar-refractivity contribution in [3.05, 3.63) is 6.20 Å². The van der Waals surface area contributed by atoms with Crippen molar-refractivity contribution >= 4 is 22.8 Å². The van der Waals surface area contributed by atoms with Crippen molar-refractivity contribution in [1.82, 2.24) is 20.2 Å². The summed E-state index contributed by atoms with van der Waals surface area (Å²) < 4.78 is 0. The molecule has 2 rings (SSSR count). The molecular formula is C13H23N7. The molecule has 0 radical (unpaired) electrons. The molecule has 2 heterocycles. The number of H-pyrrole nitrogens is 1. The predicted molar refractivity (Wildman–Crippen MR) is 81.4 cm³/mol. The number of fused-ring (bicyclic) bond motifs is 1. The van der Waals surface area contributed by atoms with Gasteiger partial charge in [0.15, 0.2) is 5.65 Å². The number of nitrogen functional groups attached to an aromatic ring is 1. The molecule has 7 nitrogen and oxygen atoms in total. The number of unbranched alkanes of at least 4 members (excludes halogenated alkanes) is 5. The molecule has 0 aliphatic carbocycles. The lowest BCUT2D eigenvalue weighted by molar-refractivity contribution is 0.617. The van der Waals surface area contributed by atoms with Crippen LogP contribution in [0, 0.1) is 0 Å². The van der Waals surface area contributed by atoms with Crippen LogP contribution in [0.5, 0.6) is 0 Å². The lowest BCUT2D eigenvalue weighted by atomic mass is 10.1. The van der Waals surface area contributed by atoms with Crippen molar-refractivity contribution in [2.45, 2.75) is 45.4 Å². The zero-order valence-corrected chi connectivity index (χ0v) is 11.9. The number of hydrogen-bond acceptors (Lipinski definition) is 6. The van der Waals surface area contributed by atoms with Gasteiger partial charge in [0.25, 0.3) is 0 Å². The maximum Gasteiger partial charge on any atom is 0.241 e. The Morgan fingerprint density at radius 1 is 1.15 bits per heavy atom. The molecule has 0 aromatic carbocycles. The van der Waals surface area contributed by atoms with E-state index in [0.717, 1.165) is 24.2 Å².